The van der Waals surface area contributed by atoms with E-state index in [1.54, 1.807) is 12.5 Å². The lowest BCUT2D eigenvalue weighted by Gasteiger charge is -2.27. The third kappa shape index (κ3) is 3.69. The van der Waals surface area contributed by atoms with E-state index in [1.807, 2.05) is 22.9 Å². The van der Waals surface area contributed by atoms with Gasteiger partial charge >= 0.3 is 0 Å². The van der Waals surface area contributed by atoms with E-state index in [9.17, 15) is 4.79 Å². The highest BCUT2D eigenvalue weighted by atomic mass is 16.5. The van der Waals surface area contributed by atoms with E-state index in [0.29, 0.717) is 25.1 Å². The third-order valence-corrected chi connectivity index (χ3v) is 5.22. The number of rotatable bonds is 6. The number of hydrogen-bond donors (Lipinski definition) is 1. The van der Waals surface area contributed by atoms with Gasteiger partial charge in [0.15, 0.2) is 0 Å². The Kier molecular flexibility index (Phi) is 4.70. The molecule has 1 amide bonds. The normalized spacial score (nSPS) is 23.3. The zero-order chi connectivity index (χ0) is 17.1. The molecular formula is C19H24N4O2. The van der Waals surface area contributed by atoms with Crippen LogP contribution in [0.1, 0.15) is 24.8 Å². The number of ether oxygens (including phenoxy) is 1. The van der Waals surface area contributed by atoms with Crippen LogP contribution in [0.2, 0.25) is 0 Å². The van der Waals surface area contributed by atoms with E-state index in [4.69, 9.17) is 4.74 Å². The van der Waals surface area contributed by atoms with Crippen molar-refractivity contribution >= 4 is 5.91 Å². The minimum absolute atomic E-state index is 0.182. The molecule has 2 aliphatic heterocycles. The van der Waals surface area contributed by atoms with E-state index < -0.39 is 0 Å². The Labute approximate surface area is 147 Å². The number of para-hydroxylation sites is 1. The van der Waals surface area contributed by atoms with Gasteiger partial charge in [0.25, 0.3) is 0 Å². The highest BCUT2D eigenvalue weighted by Crippen LogP contribution is 2.31. The molecular weight excluding hydrogens is 316 g/mol. The van der Waals surface area contributed by atoms with Crippen LogP contribution in [0, 0.1) is 0 Å². The Hall–Kier alpha value is -2.34. The number of aromatic nitrogens is 2. The Balaban J connectivity index is 1.43. The minimum Gasteiger partial charge on any atom is -0.491 e. The molecule has 1 aromatic heterocycles. The summed E-state index contributed by atoms with van der Waals surface area (Å²) >= 11 is 0. The summed E-state index contributed by atoms with van der Waals surface area (Å²) in [5.74, 6) is 1.12. The molecule has 0 saturated carbocycles. The van der Waals surface area contributed by atoms with Crippen LogP contribution in [0.25, 0.3) is 0 Å². The lowest BCUT2D eigenvalue weighted by atomic mass is 10.1. The standard InChI is InChI=1S/C19H24N4O2/c24-19-11-16-5-6-17(12-21-19)23(16)13-15-3-1-2-4-18(15)25-10-9-22-8-7-20-14-22/h1-4,7-8,14,16-17H,5-6,9-13H2,(H,21,24)/t16-,17+/m0/s1. The second-order valence-electron chi connectivity index (χ2n) is 6.82. The van der Waals surface area contributed by atoms with Gasteiger partial charge in [0.1, 0.15) is 12.4 Å². The molecule has 0 radical (unpaired) electrons. The zero-order valence-electron chi connectivity index (χ0n) is 14.3. The van der Waals surface area contributed by atoms with Gasteiger partial charge in [-0.25, -0.2) is 4.98 Å². The molecule has 6 nitrogen and oxygen atoms in total. The highest BCUT2D eigenvalue weighted by Gasteiger charge is 2.37. The molecule has 2 aliphatic rings. The van der Waals surface area contributed by atoms with Gasteiger partial charge in [-0.15, -0.1) is 0 Å². The smallest absolute Gasteiger partial charge is 0.221 e. The van der Waals surface area contributed by atoms with Crippen molar-refractivity contribution < 1.29 is 9.53 Å². The number of fused-ring (bicyclic) bond motifs is 2. The first-order valence-corrected chi connectivity index (χ1v) is 8.98. The Bertz CT molecular complexity index is 716. The van der Waals surface area contributed by atoms with Crippen LogP contribution in [-0.4, -0.2) is 45.6 Å². The SMILES string of the molecule is O=C1C[C@@H]2CC[C@H](CN1)N2Cc1ccccc1OCCn1ccnc1. The number of amides is 1. The Morgan fingerprint density at radius 3 is 3.00 bits per heavy atom. The summed E-state index contributed by atoms with van der Waals surface area (Å²) in [7, 11) is 0. The summed E-state index contributed by atoms with van der Waals surface area (Å²) in [6.07, 6.45) is 8.40. The van der Waals surface area contributed by atoms with Crippen molar-refractivity contribution in [2.24, 2.45) is 0 Å². The second-order valence-corrected chi connectivity index (χ2v) is 6.82. The van der Waals surface area contributed by atoms with Gasteiger partial charge in [0.2, 0.25) is 5.91 Å². The highest BCUT2D eigenvalue weighted by molar-refractivity contribution is 5.77. The Morgan fingerprint density at radius 1 is 1.24 bits per heavy atom. The van der Waals surface area contributed by atoms with Crippen molar-refractivity contribution in [2.75, 3.05) is 13.2 Å². The molecule has 1 N–H and O–H groups in total. The van der Waals surface area contributed by atoms with Crippen LogP contribution in [-0.2, 0) is 17.9 Å². The first-order chi connectivity index (χ1) is 12.3. The predicted molar refractivity (Wildman–Crippen MR) is 94.1 cm³/mol. The van der Waals surface area contributed by atoms with E-state index in [1.165, 1.54) is 5.56 Å². The molecule has 0 aliphatic carbocycles. The van der Waals surface area contributed by atoms with Crippen molar-refractivity contribution in [3.05, 3.63) is 48.5 Å². The van der Waals surface area contributed by atoms with Gasteiger partial charge in [0.05, 0.1) is 12.9 Å². The molecule has 132 valence electrons. The average molecular weight is 340 g/mol. The molecule has 1 aromatic carbocycles. The van der Waals surface area contributed by atoms with Crippen LogP contribution in [0.15, 0.2) is 43.0 Å². The van der Waals surface area contributed by atoms with Gasteiger partial charge in [-0.2, -0.15) is 0 Å². The van der Waals surface area contributed by atoms with Crippen molar-refractivity contribution in [1.29, 1.82) is 0 Å². The summed E-state index contributed by atoms with van der Waals surface area (Å²) in [5, 5.41) is 3.04. The van der Waals surface area contributed by atoms with Crippen LogP contribution < -0.4 is 10.1 Å². The van der Waals surface area contributed by atoms with Gasteiger partial charge in [0, 0.05) is 49.6 Å². The van der Waals surface area contributed by atoms with Crippen molar-refractivity contribution in [3.8, 4) is 5.75 Å². The number of hydrogen-bond acceptors (Lipinski definition) is 4. The fraction of sp³-hybridized carbons (Fsp3) is 0.474. The summed E-state index contributed by atoms with van der Waals surface area (Å²) in [6.45, 7) is 2.99. The van der Waals surface area contributed by atoms with Crippen molar-refractivity contribution in [2.45, 2.75) is 44.4 Å². The fourth-order valence-corrected chi connectivity index (χ4v) is 3.88. The van der Waals surface area contributed by atoms with Crippen molar-refractivity contribution in [3.63, 3.8) is 0 Å². The molecule has 2 saturated heterocycles. The van der Waals surface area contributed by atoms with Crippen LogP contribution in [0.3, 0.4) is 0 Å². The van der Waals surface area contributed by atoms with Gasteiger partial charge < -0.3 is 14.6 Å². The summed E-state index contributed by atoms with van der Waals surface area (Å²) in [6, 6.07) is 9.03. The monoisotopic (exact) mass is 340 g/mol. The largest absolute Gasteiger partial charge is 0.491 e. The van der Waals surface area contributed by atoms with Gasteiger partial charge in [-0.3, -0.25) is 9.69 Å². The zero-order valence-corrected chi connectivity index (χ0v) is 14.3. The van der Waals surface area contributed by atoms with E-state index in [0.717, 1.165) is 38.2 Å². The maximum absolute atomic E-state index is 11.8. The first-order valence-electron chi connectivity index (χ1n) is 8.98. The number of benzene rings is 1. The molecule has 2 fully saturated rings. The van der Waals surface area contributed by atoms with Crippen LogP contribution in [0.4, 0.5) is 0 Å². The number of nitrogens with zero attached hydrogens (tertiary/aromatic N) is 3. The van der Waals surface area contributed by atoms with Gasteiger partial charge in [-0.05, 0) is 18.9 Å². The van der Waals surface area contributed by atoms with Crippen LogP contribution in [0.5, 0.6) is 5.75 Å². The molecule has 3 heterocycles. The molecule has 0 spiro atoms. The number of carbonyl (C=O) groups excluding carboxylic acids is 1. The Morgan fingerprint density at radius 2 is 2.12 bits per heavy atom. The quantitative estimate of drug-likeness (QED) is 0.871. The second kappa shape index (κ2) is 7.27. The van der Waals surface area contributed by atoms with Crippen LogP contribution >= 0.6 is 0 Å². The lowest BCUT2D eigenvalue weighted by Crippen LogP contribution is -2.37. The van der Waals surface area contributed by atoms with E-state index in [-0.39, 0.29) is 5.91 Å². The topological polar surface area (TPSA) is 59.4 Å². The maximum Gasteiger partial charge on any atom is 0.221 e. The molecule has 4 rings (SSSR count). The predicted octanol–water partition coefficient (Wildman–Crippen LogP) is 1.81. The third-order valence-electron chi connectivity index (χ3n) is 5.22. The molecule has 2 aromatic rings. The maximum atomic E-state index is 11.8. The number of nitrogens with one attached hydrogen (secondary N) is 1. The average Bonchev–Trinajstić information content (AvgIpc) is 3.21. The van der Waals surface area contributed by atoms with E-state index in [2.05, 4.69) is 27.3 Å². The molecule has 2 bridgehead atoms. The number of imidazole rings is 1. The fourth-order valence-electron chi connectivity index (χ4n) is 3.88. The van der Waals surface area contributed by atoms with Gasteiger partial charge in [-0.1, -0.05) is 18.2 Å². The summed E-state index contributed by atoms with van der Waals surface area (Å²) in [4.78, 5) is 18.4. The minimum atomic E-state index is 0.182. The molecule has 2 atom stereocenters. The molecule has 6 heteroatoms. The molecule has 0 unspecified atom stereocenters. The lowest BCUT2D eigenvalue weighted by molar-refractivity contribution is -0.121. The van der Waals surface area contributed by atoms with Crippen molar-refractivity contribution in [1.82, 2.24) is 19.8 Å². The molecule has 25 heavy (non-hydrogen) atoms. The summed E-state index contributed by atoms with van der Waals surface area (Å²) in [5.41, 5.74) is 1.19. The van der Waals surface area contributed by atoms with E-state index >= 15 is 0 Å². The summed E-state index contributed by atoms with van der Waals surface area (Å²) < 4.78 is 8.05. The number of carbonyl (C=O) groups is 1. The first kappa shape index (κ1) is 16.1.